The monoisotopic (exact) mass is 326 g/mol. The van der Waals surface area contributed by atoms with E-state index in [1.54, 1.807) is 0 Å². The first kappa shape index (κ1) is 16.7. The predicted molar refractivity (Wildman–Crippen MR) is 97.5 cm³/mol. The number of aromatic nitrogens is 1. The Morgan fingerprint density at radius 2 is 1.88 bits per heavy atom. The van der Waals surface area contributed by atoms with Gasteiger partial charge >= 0.3 is 5.97 Å². The van der Waals surface area contributed by atoms with Gasteiger partial charge in [-0.05, 0) is 55.9 Å². The van der Waals surface area contributed by atoms with Gasteiger partial charge in [-0.3, -0.25) is 4.79 Å². The van der Waals surface area contributed by atoms with Gasteiger partial charge in [-0.25, -0.2) is 4.98 Å². The number of anilines is 1. The lowest BCUT2D eigenvalue weighted by Gasteiger charge is -2.48. The lowest BCUT2D eigenvalue weighted by molar-refractivity contribution is -0.147. The van der Waals surface area contributed by atoms with Crippen molar-refractivity contribution in [2.45, 2.75) is 47.1 Å². The second-order valence-electron chi connectivity index (χ2n) is 7.64. The Hall–Kier alpha value is -2.10. The van der Waals surface area contributed by atoms with Crippen LogP contribution in [0.4, 0.5) is 5.82 Å². The molecule has 1 aliphatic heterocycles. The highest BCUT2D eigenvalue weighted by atomic mass is 16.4. The number of fused-ring (bicyclic) bond motifs is 1. The molecule has 2 heterocycles. The van der Waals surface area contributed by atoms with E-state index in [4.69, 9.17) is 4.98 Å². The molecular weight excluding hydrogens is 300 g/mol. The van der Waals surface area contributed by atoms with Crippen LogP contribution in [-0.4, -0.2) is 28.6 Å². The number of aryl methyl sites for hydroxylation is 2. The third-order valence-corrected chi connectivity index (χ3v) is 5.96. The topological polar surface area (TPSA) is 53.4 Å². The SMILES string of the molecule is Cc1ccc(C)c2nc(N3CCC(C(=O)O)C(C)(C)C3C)ccc12. The molecule has 1 fully saturated rings. The third-order valence-electron chi connectivity index (χ3n) is 5.96. The first-order valence-corrected chi connectivity index (χ1v) is 8.60. The molecule has 1 aliphatic rings. The molecule has 0 radical (unpaired) electrons. The van der Waals surface area contributed by atoms with Crippen molar-refractivity contribution in [3.05, 3.63) is 35.4 Å². The van der Waals surface area contributed by atoms with E-state index in [1.165, 1.54) is 16.5 Å². The van der Waals surface area contributed by atoms with E-state index in [-0.39, 0.29) is 17.4 Å². The minimum atomic E-state index is -0.690. The van der Waals surface area contributed by atoms with E-state index < -0.39 is 5.97 Å². The number of carboxylic acids is 1. The molecule has 2 atom stereocenters. The first-order valence-electron chi connectivity index (χ1n) is 8.60. The average Bonchev–Trinajstić information content (AvgIpc) is 2.53. The van der Waals surface area contributed by atoms with Gasteiger partial charge < -0.3 is 10.0 Å². The predicted octanol–water partition coefficient (Wildman–Crippen LogP) is 4.18. The third kappa shape index (κ3) is 2.54. The van der Waals surface area contributed by atoms with Crippen molar-refractivity contribution in [3.63, 3.8) is 0 Å². The summed E-state index contributed by atoms with van der Waals surface area (Å²) in [5, 5.41) is 10.7. The number of carboxylic acid groups (broad SMARTS) is 1. The summed E-state index contributed by atoms with van der Waals surface area (Å²) in [5.41, 5.74) is 3.14. The molecule has 4 nitrogen and oxygen atoms in total. The lowest BCUT2D eigenvalue weighted by Crippen LogP contribution is -2.55. The molecule has 0 spiro atoms. The smallest absolute Gasteiger partial charge is 0.307 e. The Balaban J connectivity index is 2.02. The number of rotatable bonds is 2. The van der Waals surface area contributed by atoms with Crippen LogP contribution in [0.5, 0.6) is 0 Å². The molecule has 1 saturated heterocycles. The van der Waals surface area contributed by atoms with E-state index in [1.807, 2.05) is 0 Å². The van der Waals surface area contributed by atoms with Gasteiger partial charge in [0, 0.05) is 18.0 Å². The number of hydrogen-bond acceptors (Lipinski definition) is 3. The van der Waals surface area contributed by atoms with Gasteiger partial charge in [0.2, 0.25) is 0 Å². The number of piperidine rings is 1. The van der Waals surface area contributed by atoms with Crippen molar-refractivity contribution in [2.75, 3.05) is 11.4 Å². The molecule has 2 unspecified atom stereocenters. The fourth-order valence-corrected chi connectivity index (χ4v) is 3.93. The fraction of sp³-hybridized carbons (Fsp3) is 0.500. The van der Waals surface area contributed by atoms with Gasteiger partial charge in [0.05, 0.1) is 11.4 Å². The number of benzene rings is 1. The molecule has 4 heteroatoms. The van der Waals surface area contributed by atoms with E-state index in [0.717, 1.165) is 17.9 Å². The van der Waals surface area contributed by atoms with Crippen molar-refractivity contribution in [3.8, 4) is 0 Å². The standard InChI is InChI=1S/C20H26N2O2/c1-12-6-7-13(2)18-15(12)8-9-17(21-18)22-11-10-16(19(23)24)20(4,5)14(22)3/h6-9,14,16H,10-11H2,1-5H3,(H,23,24). The minimum Gasteiger partial charge on any atom is -0.481 e. The zero-order chi connectivity index (χ0) is 17.6. The molecule has 24 heavy (non-hydrogen) atoms. The highest BCUT2D eigenvalue weighted by Crippen LogP contribution is 2.42. The van der Waals surface area contributed by atoms with E-state index in [0.29, 0.717) is 6.42 Å². The second kappa shape index (κ2) is 5.76. The molecular formula is C20H26N2O2. The Morgan fingerprint density at radius 3 is 2.54 bits per heavy atom. The molecule has 1 aromatic carbocycles. The van der Waals surface area contributed by atoms with Crippen LogP contribution in [-0.2, 0) is 4.79 Å². The van der Waals surface area contributed by atoms with Crippen LogP contribution in [0.15, 0.2) is 24.3 Å². The summed E-state index contributed by atoms with van der Waals surface area (Å²) in [4.78, 5) is 18.8. The van der Waals surface area contributed by atoms with Gasteiger partial charge in [-0.2, -0.15) is 0 Å². The molecule has 1 N–H and O–H groups in total. The number of pyridine rings is 1. The summed E-state index contributed by atoms with van der Waals surface area (Å²) in [6, 6.07) is 8.56. The molecule has 3 rings (SSSR count). The molecule has 0 saturated carbocycles. The molecule has 0 aliphatic carbocycles. The summed E-state index contributed by atoms with van der Waals surface area (Å²) < 4.78 is 0. The Bertz CT molecular complexity index is 798. The number of nitrogens with zero attached hydrogens (tertiary/aromatic N) is 2. The van der Waals surface area contributed by atoms with Crippen LogP contribution in [0.1, 0.15) is 38.3 Å². The van der Waals surface area contributed by atoms with E-state index in [9.17, 15) is 9.90 Å². The normalized spacial score (nSPS) is 23.5. The van der Waals surface area contributed by atoms with Gasteiger partial charge in [-0.15, -0.1) is 0 Å². The highest BCUT2D eigenvalue weighted by Gasteiger charge is 2.45. The van der Waals surface area contributed by atoms with Crippen LogP contribution in [0.3, 0.4) is 0 Å². The fourth-order valence-electron chi connectivity index (χ4n) is 3.93. The van der Waals surface area contributed by atoms with Crippen LogP contribution in [0.25, 0.3) is 10.9 Å². The van der Waals surface area contributed by atoms with Crippen LogP contribution in [0.2, 0.25) is 0 Å². The Kier molecular flexibility index (Phi) is 4.02. The zero-order valence-electron chi connectivity index (χ0n) is 15.1. The van der Waals surface area contributed by atoms with Crippen molar-refractivity contribution >= 4 is 22.7 Å². The number of aliphatic carboxylic acids is 1. The zero-order valence-corrected chi connectivity index (χ0v) is 15.1. The summed E-state index contributed by atoms with van der Waals surface area (Å²) in [6.07, 6.45) is 0.652. The number of hydrogen-bond donors (Lipinski definition) is 1. The quantitative estimate of drug-likeness (QED) is 0.899. The van der Waals surface area contributed by atoms with Gasteiger partial charge in [0.25, 0.3) is 0 Å². The van der Waals surface area contributed by atoms with Crippen LogP contribution in [0, 0.1) is 25.2 Å². The van der Waals surface area contributed by atoms with Gasteiger partial charge in [0.15, 0.2) is 0 Å². The minimum absolute atomic E-state index is 0.113. The molecule has 2 aromatic rings. The highest BCUT2D eigenvalue weighted by molar-refractivity contribution is 5.86. The number of carbonyl (C=O) groups is 1. The van der Waals surface area contributed by atoms with Crippen LogP contribution >= 0.6 is 0 Å². The summed E-state index contributed by atoms with van der Waals surface area (Å²) in [6.45, 7) is 11.1. The maximum Gasteiger partial charge on any atom is 0.307 e. The van der Waals surface area contributed by atoms with E-state index >= 15 is 0 Å². The van der Waals surface area contributed by atoms with Crippen molar-refractivity contribution in [1.82, 2.24) is 4.98 Å². The molecule has 1 aromatic heterocycles. The summed E-state index contributed by atoms with van der Waals surface area (Å²) in [5.74, 6) is -0.0572. The maximum atomic E-state index is 11.6. The van der Waals surface area contributed by atoms with Crippen molar-refractivity contribution < 1.29 is 9.90 Å². The molecule has 0 bridgehead atoms. The Morgan fingerprint density at radius 1 is 1.21 bits per heavy atom. The summed E-state index contributed by atoms with van der Waals surface area (Å²) >= 11 is 0. The second-order valence-corrected chi connectivity index (χ2v) is 7.64. The largest absolute Gasteiger partial charge is 0.481 e. The average molecular weight is 326 g/mol. The lowest BCUT2D eigenvalue weighted by atomic mass is 9.69. The maximum absolute atomic E-state index is 11.6. The summed E-state index contributed by atoms with van der Waals surface area (Å²) in [7, 11) is 0. The van der Waals surface area contributed by atoms with Gasteiger partial charge in [0.1, 0.15) is 5.82 Å². The van der Waals surface area contributed by atoms with Crippen LogP contribution < -0.4 is 4.90 Å². The van der Waals surface area contributed by atoms with Crippen molar-refractivity contribution in [2.24, 2.45) is 11.3 Å². The molecule has 0 amide bonds. The Labute approximate surface area is 143 Å². The van der Waals surface area contributed by atoms with Gasteiger partial charge in [-0.1, -0.05) is 26.0 Å². The van der Waals surface area contributed by atoms with E-state index in [2.05, 4.69) is 63.8 Å². The molecule has 128 valence electrons. The first-order chi connectivity index (χ1) is 11.2. The van der Waals surface area contributed by atoms with Crippen molar-refractivity contribution in [1.29, 1.82) is 0 Å².